The lowest BCUT2D eigenvalue weighted by Gasteiger charge is -2.13. The maximum Gasteiger partial charge on any atom is 0.290 e. The Labute approximate surface area is 108 Å². The Bertz CT molecular complexity index is 610. The van der Waals surface area contributed by atoms with Crippen LogP contribution in [0.2, 0.25) is 0 Å². The molecule has 0 spiro atoms. The number of hydrogen-bond donors (Lipinski definition) is 1. The van der Waals surface area contributed by atoms with E-state index in [0.717, 1.165) is 12.1 Å². The van der Waals surface area contributed by atoms with E-state index >= 15 is 0 Å². The van der Waals surface area contributed by atoms with E-state index in [4.69, 9.17) is 4.52 Å². The highest BCUT2D eigenvalue weighted by atomic mass is 19.2. The third kappa shape index (κ3) is 2.96. The largest absolute Gasteiger partial charge is 0.351 e. The molecule has 6 heteroatoms. The zero-order valence-corrected chi connectivity index (χ0v) is 10.4. The molecule has 0 aliphatic heterocycles. The molecule has 0 radical (unpaired) electrons. The summed E-state index contributed by atoms with van der Waals surface area (Å²) < 4.78 is 30.7. The maximum atomic E-state index is 13.1. The fraction of sp³-hybridized carbons (Fsp3) is 0.231. The van der Waals surface area contributed by atoms with E-state index in [0.29, 0.717) is 11.3 Å². The van der Waals surface area contributed by atoms with Gasteiger partial charge in [0, 0.05) is 6.07 Å². The lowest BCUT2D eigenvalue weighted by atomic mass is 10.1. The molecule has 1 unspecified atom stereocenters. The van der Waals surface area contributed by atoms with Gasteiger partial charge in [0.2, 0.25) is 5.76 Å². The summed E-state index contributed by atoms with van der Waals surface area (Å²) in [4.78, 5) is 11.8. The van der Waals surface area contributed by atoms with Crippen LogP contribution in [-0.4, -0.2) is 11.1 Å². The van der Waals surface area contributed by atoms with Gasteiger partial charge in [0.15, 0.2) is 11.6 Å². The van der Waals surface area contributed by atoms with Crippen LogP contribution in [0.1, 0.15) is 34.8 Å². The van der Waals surface area contributed by atoms with Gasteiger partial charge in [-0.05, 0) is 31.5 Å². The Morgan fingerprint density at radius 1 is 1.32 bits per heavy atom. The number of aromatic nitrogens is 1. The molecule has 1 atom stereocenters. The third-order valence-electron chi connectivity index (χ3n) is 2.64. The van der Waals surface area contributed by atoms with E-state index in [9.17, 15) is 13.6 Å². The molecule has 2 rings (SSSR count). The van der Waals surface area contributed by atoms with Crippen molar-refractivity contribution in [1.29, 1.82) is 0 Å². The quantitative estimate of drug-likeness (QED) is 0.929. The Kier molecular flexibility index (Phi) is 3.59. The van der Waals surface area contributed by atoms with Crippen LogP contribution in [0.3, 0.4) is 0 Å². The number of halogens is 2. The molecule has 100 valence electrons. The van der Waals surface area contributed by atoms with Crippen molar-refractivity contribution in [3.63, 3.8) is 0 Å². The molecule has 4 nitrogen and oxygen atoms in total. The smallest absolute Gasteiger partial charge is 0.290 e. The summed E-state index contributed by atoms with van der Waals surface area (Å²) >= 11 is 0. The zero-order valence-electron chi connectivity index (χ0n) is 10.4. The topological polar surface area (TPSA) is 55.1 Å². The summed E-state index contributed by atoms with van der Waals surface area (Å²) in [6.45, 7) is 3.35. The number of benzene rings is 1. The van der Waals surface area contributed by atoms with Crippen molar-refractivity contribution in [2.45, 2.75) is 19.9 Å². The highest BCUT2D eigenvalue weighted by molar-refractivity contribution is 5.91. The molecule has 0 saturated heterocycles. The predicted molar refractivity (Wildman–Crippen MR) is 63.5 cm³/mol. The first kappa shape index (κ1) is 13.2. The number of nitrogens with zero attached hydrogens (tertiary/aromatic N) is 1. The van der Waals surface area contributed by atoms with Crippen LogP contribution in [0.25, 0.3) is 0 Å². The van der Waals surface area contributed by atoms with Gasteiger partial charge in [0.05, 0.1) is 11.7 Å². The Morgan fingerprint density at radius 3 is 2.63 bits per heavy atom. The Hall–Kier alpha value is -2.24. The average Bonchev–Trinajstić information content (AvgIpc) is 2.79. The van der Waals surface area contributed by atoms with Gasteiger partial charge in [-0.3, -0.25) is 4.79 Å². The second kappa shape index (κ2) is 5.17. The van der Waals surface area contributed by atoms with Crippen LogP contribution in [0, 0.1) is 18.6 Å². The maximum absolute atomic E-state index is 13.1. The molecule has 1 aromatic carbocycles. The highest BCUT2D eigenvalue weighted by Gasteiger charge is 2.16. The van der Waals surface area contributed by atoms with Gasteiger partial charge >= 0.3 is 0 Å². The normalized spacial score (nSPS) is 12.2. The minimum absolute atomic E-state index is 0.0759. The minimum atomic E-state index is -0.950. The monoisotopic (exact) mass is 266 g/mol. The first-order valence-corrected chi connectivity index (χ1v) is 5.66. The number of hydrogen-bond acceptors (Lipinski definition) is 3. The molecule has 1 heterocycles. The van der Waals surface area contributed by atoms with E-state index in [1.807, 2.05) is 0 Å². The van der Waals surface area contributed by atoms with Gasteiger partial charge in [-0.2, -0.15) is 0 Å². The average molecular weight is 266 g/mol. The van der Waals surface area contributed by atoms with Gasteiger partial charge < -0.3 is 9.84 Å². The SMILES string of the molecule is Cc1cc(C(=O)NC(C)c2ccc(F)c(F)c2)on1. The number of rotatable bonds is 3. The summed E-state index contributed by atoms with van der Waals surface area (Å²) in [7, 11) is 0. The summed E-state index contributed by atoms with van der Waals surface area (Å²) in [5.74, 6) is -2.26. The van der Waals surface area contributed by atoms with Gasteiger partial charge in [-0.25, -0.2) is 8.78 Å². The van der Waals surface area contributed by atoms with Crippen molar-refractivity contribution in [2.75, 3.05) is 0 Å². The summed E-state index contributed by atoms with van der Waals surface area (Å²) in [5, 5.41) is 6.21. The molecule has 0 aliphatic carbocycles. The Balaban J connectivity index is 2.10. The van der Waals surface area contributed by atoms with Crippen LogP contribution in [0.5, 0.6) is 0 Å². The molecule has 1 amide bonds. The highest BCUT2D eigenvalue weighted by Crippen LogP contribution is 2.16. The van der Waals surface area contributed by atoms with Crippen LogP contribution in [0.15, 0.2) is 28.8 Å². The molecule has 1 N–H and O–H groups in total. The molecule has 0 aliphatic rings. The molecule has 0 fully saturated rings. The van der Waals surface area contributed by atoms with Crippen LogP contribution in [-0.2, 0) is 0 Å². The van der Waals surface area contributed by atoms with Crippen molar-refractivity contribution < 1.29 is 18.1 Å². The lowest BCUT2D eigenvalue weighted by Crippen LogP contribution is -2.26. The molecular weight excluding hydrogens is 254 g/mol. The molecule has 2 aromatic rings. The molecule has 0 saturated carbocycles. The van der Waals surface area contributed by atoms with Crippen molar-refractivity contribution in [2.24, 2.45) is 0 Å². The first-order chi connectivity index (χ1) is 8.97. The third-order valence-corrected chi connectivity index (χ3v) is 2.64. The first-order valence-electron chi connectivity index (χ1n) is 5.66. The molecular formula is C13H12F2N2O2. The van der Waals surface area contributed by atoms with E-state index in [-0.39, 0.29) is 5.76 Å². The lowest BCUT2D eigenvalue weighted by molar-refractivity contribution is 0.0902. The fourth-order valence-corrected chi connectivity index (χ4v) is 1.60. The second-order valence-corrected chi connectivity index (χ2v) is 4.20. The number of amides is 1. The number of carbonyl (C=O) groups is 1. The number of aryl methyl sites for hydroxylation is 1. The van der Waals surface area contributed by atoms with E-state index in [1.54, 1.807) is 13.8 Å². The van der Waals surface area contributed by atoms with E-state index in [2.05, 4.69) is 10.5 Å². The van der Waals surface area contributed by atoms with Crippen LogP contribution < -0.4 is 5.32 Å². The standard InChI is InChI=1S/C13H12F2N2O2/c1-7-5-12(19-17-7)13(18)16-8(2)9-3-4-10(14)11(15)6-9/h3-6,8H,1-2H3,(H,16,18). The van der Waals surface area contributed by atoms with Crippen molar-refractivity contribution in [1.82, 2.24) is 10.5 Å². The van der Waals surface area contributed by atoms with Gasteiger partial charge in [-0.1, -0.05) is 11.2 Å². The van der Waals surface area contributed by atoms with Crippen molar-refractivity contribution >= 4 is 5.91 Å². The molecule has 19 heavy (non-hydrogen) atoms. The van der Waals surface area contributed by atoms with Crippen LogP contribution in [0.4, 0.5) is 8.78 Å². The fourth-order valence-electron chi connectivity index (χ4n) is 1.60. The van der Waals surface area contributed by atoms with Gasteiger partial charge in [0.25, 0.3) is 5.91 Å². The second-order valence-electron chi connectivity index (χ2n) is 4.20. The molecule has 0 bridgehead atoms. The van der Waals surface area contributed by atoms with E-state index < -0.39 is 23.6 Å². The van der Waals surface area contributed by atoms with Crippen LogP contribution >= 0.6 is 0 Å². The summed E-state index contributed by atoms with van der Waals surface area (Å²) in [5.41, 5.74) is 1.05. The minimum Gasteiger partial charge on any atom is -0.351 e. The van der Waals surface area contributed by atoms with Gasteiger partial charge in [0.1, 0.15) is 0 Å². The number of carbonyl (C=O) groups excluding carboxylic acids is 1. The Morgan fingerprint density at radius 2 is 2.05 bits per heavy atom. The van der Waals surface area contributed by atoms with Crippen molar-refractivity contribution in [3.05, 3.63) is 52.9 Å². The number of nitrogens with one attached hydrogen (secondary N) is 1. The van der Waals surface area contributed by atoms with E-state index in [1.165, 1.54) is 12.1 Å². The summed E-state index contributed by atoms with van der Waals surface area (Å²) in [6.07, 6.45) is 0. The summed E-state index contributed by atoms with van der Waals surface area (Å²) in [6, 6.07) is 4.49. The molecule has 1 aromatic heterocycles. The van der Waals surface area contributed by atoms with Gasteiger partial charge in [-0.15, -0.1) is 0 Å². The predicted octanol–water partition coefficient (Wildman–Crippen LogP) is 2.75. The zero-order chi connectivity index (χ0) is 14.0. The van der Waals surface area contributed by atoms with Crippen molar-refractivity contribution in [3.8, 4) is 0 Å².